The van der Waals surface area contributed by atoms with E-state index in [0.29, 0.717) is 17.2 Å². The third-order valence-corrected chi connectivity index (χ3v) is 6.61. The van der Waals surface area contributed by atoms with E-state index in [1.54, 1.807) is 7.11 Å². The summed E-state index contributed by atoms with van der Waals surface area (Å²) in [6.45, 7) is 12.0. The van der Waals surface area contributed by atoms with Gasteiger partial charge in [0.2, 0.25) is 5.96 Å². The molecule has 0 atom stereocenters. The second-order valence-electron chi connectivity index (χ2n) is 8.05. The first kappa shape index (κ1) is 42.0. The fraction of sp³-hybridized carbons (Fsp3) is 0.333. The second kappa shape index (κ2) is 19.9. The Bertz CT molecular complexity index is 1610. The molecule has 0 aliphatic heterocycles. The largest absolute Gasteiger partial charge is 0.507 e. The first-order valence-corrected chi connectivity index (χ1v) is 16.0. The average molecular weight is 660 g/mol. The van der Waals surface area contributed by atoms with Crippen LogP contribution in [0.5, 0.6) is 5.75 Å². The molecule has 3 rings (SSSR count). The van der Waals surface area contributed by atoms with Crippen molar-refractivity contribution < 1.29 is 35.8 Å². The van der Waals surface area contributed by atoms with E-state index in [4.69, 9.17) is 36.8 Å². The first-order valence-electron chi connectivity index (χ1n) is 13.1. The molecule has 0 aromatic heterocycles. The van der Waals surface area contributed by atoms with Gasteiger partial charge in [0, 0.05) is 31.3 Å². The minimum atomic E-state index is -4.38. The number of methoxy groups -OCH3 is 1. The number of nitrogens with zero attached hydrogens (tertiary/aromatic N) is 2. The lowest BCUT2D eigenvalue weighted by molar-refractivity contribution is 0.134. The van der Waals surface area contributed by atoms with Gasteiger partial charge in [0.05, 0.1) is 34.4 Å². The molecule has 0 aliphatic carbocycles. The topological polar surface area (TPSA) is 279 Å². The van der Waals surface area contributed by atoms with Crippen LogP contribution in [0.3, 0.4) is 0 Å². The standard InChI is InChI=1S/C10H10N2O4S.C9H13N5O3S.C4H10O.2C2H6/c11-7-2-1-5-3-6(17(14,15)16)4-8(13)9(5)10(7)12;1-12-9(13-5-10)14-6-2-3-7(11)8(4-6)18(15,16)17;1-4(2)5-3;2*1-2/h1-4,13H,11-12H2,(H,14,15,16);2-5H,11H2,1H3,(H,15,16,17)(H3,10,12,13,14);4H,1-3H3;2*1-2H3. The maximum Gasteiger partial charge on any atom is 0.296 e. The number of phenols is 1. The number of guanidine groups is 1. The molecule has 248 valence electrons. The monoisotopic (exact) mass is 659 g/mol. The summed E-state index contributed by atoms with van der Waals surface area (Å²) in [5.74, 6) is -0.163. The second-order valence-corrected chi connectivity index (χ2v) is 10.9. The molecule has 0 heterocycles. The summed E-state index contributed by atoms with van der Waals surface area (Å²) in [7, 11) is -5.57. The number of aromatic hydroxyl groups is 1. The highest BCUT2D eigenvalue weighted by Crippen LogP contribution is 2.35. The summed E-state index contributed by atoms with van der Waals surface area (Å²) in [4.78, 5) is 6.69. The van der Waals surface area contributed by atoms with Crippen LogP contribution in [0, 0.1) is 0 Å². The van der Waals surface area contributed by atoms with Crippen molar-refractivity contribution in [3.8, 4) is 5.75 Å². The fourth-order valence-electron chi connectivity index (χ4n) is 2.79. The lowest BCUT2D eigenvalue weighted by Crippen LogP contribution is -2.12. The van der Waals surface area contributed by atoms with Gasteiger partial charge in [0.25, 0.3) is 20.2 Å². The molecule has 0 bridgehead atoms. The van der Waals surface area contributed by atoms with Crippen LogP contribution < -0.4 is 28.3 Å². The van der Waals surface area contributed by atoms with Crippen LogP contribution in [-0.2, 0) is 25.0 Å². The Balaban J connectivity index is 0. The predicted octanol–water partition coefficient (Wildman–Crippen LogP) is 3.95. The number of aliphatic imine (C=N–C) groups is 2. The number of hydrogen-bond acceptors (Lipinski definition) is 10. The average Bonchev–Trinajstić information content (AvgIpc) is 2.97. The zero-order valence-corrected chi connectivity index (χ0v) is 27.7. The Morgan fingerprint density at radius 3 is 1.86 bits per heavy atom. The van der Waals surface area contributed by atoms with Crippen molar-refractivity contribution in [2.45, 2.75) is 57.4 Å². The highest BCUT2D eigenvalue weighted by molar-refractivity contribution is 7.86. The van der Waals surface area contributed by atoms with Crippen molar-refractivity contribution in [1.29, 1.82) is 0 Å². The summed E-state index contributed by atoms with van der Waals surface area (Å²) in [6, 6.07) is 9.15. The van der Waals surface area contributed by atoms with Crippen molar-refractivity contribution in [1.82, 2.24) is 0 Å². The molecule has 3 aromatic carbocycles. The minimum absolute atomic E-state index is 0.0552. The maximum atomic E-state index is 11.1. The minimum Gasteiger partial charge on any atom is -0.507 e. The summed E-state index contributed by atoms with van der Waals surface area (Å²) >= 11 is 0. The molecule has 0 amide bonds. The van der Waals surface area contributed by atoms with Gasteiger partial charge in [0.1, 0.15) is 10.6 Å². The van der Waals surface area contributed by atoms with E-state index in [1.807, 2.05) is 41.5 Å². The molecule has 17 heteroatoms. The van der Waals surface area contributed by atoms with Crippen LogP contribution in [0.1, 0.15) is 41.5 Å². The Hall–Kier alpha value is -4.16. The number of phenolic OH excluding ortho intramolecular Hbond substituents is 1. The highest BCUT2D eigenvalue weighted by atomic mass is 32.2. The Morgan fingerprint density at radius 1 is 0.909 bits per heavy atom. The predicted molar refractivity (Wildman–Crippen MR) is 179 cm³/mol. The summed E-state index contributed by atoms with van der Waals surface area (Å²) in [5.41, 5.74) is 22.6. The van der Waals surface area contributed by atoms with Crippen molar-refractivity contribution in [3.63, 3.8) is 0 Å². The number of nitrogens with two attached hydrogens (primary N) is 4. The molecule has 0 saturated carbocycles. The molecule has 0 fully saturated rings. The van der Waals surface area contributed by atoms with Crippen molar-refractivity contribution in [2.75, 3.05) is 36.7 Å². The fourth-order valence-corrected chi connectivity index (χ4v) is 3.97. The molecular formula is C27H45N7O8S2. The van der Waals surface area contributed by atoms with Crippen LogP contribution >= 0.6 is 0 Å². The number of nitrogen functional groups attached to an aromatic ring is 3. The molecule has 0 radical (unpaired) electrons. The molecule has 3 aromatic rings. The normalized spacial score (nSPS) is 11.2. The van der Waals surface area contributed by atoms with Gasteiger partial charge in [-0.1, -0.05) is 33.8 Å². The van der Waals surface area contributed by atoms with Gasteiger partial charge in [-0.05, 0) is 49.6 Å². The number of nitrogens with one attached hydrogen (secondary N) is 1. The van der Waals surface area contributed by atoms with E-state index in [9.17, 15) is 21.9 Å². The van der Waals surface area contributed by atoms with E-state index in [0.717, 1.165) is 12.4 Å². The van der Waals surface area contributed by atoms with Gasteiger partial charge < -0.3 is 38.1 Å². The Labute approximate surface area is 259 Å². The van der Waals surface area contributed by atoms with Crippen LogP contribution in [0.15, 0.2) is 62.2 Å². The van der Waals surface area contributed by atoms with E-state index in [1.165, 1.54) is 43.4 Å². The van der Waals surface area contributed by atoms with Gasteiger partial charge in [-0.25, -0.2) is 4.99 Å². The van der Waals surface area contributed by atoms with Crippen LogP contribution in [0.4, 0.5) is 22.7 Å². The highest BCUT2D eigenvalue weighted by Gasteiger charge is 2.16. The lowest BCUT2D eigenvalue weighted by atomic mass is 10.1. The van der Waals surface area contributed by atoms with Gasteiger partial charge >= 0.3 is 0 Å². The molecule has 44 heavy (non-hydrogen) atoms. The van der Waals surface area contributed by atoms with E-state index >= 15 is 0 Å². The maximum absolute atomic E-state index is 11.1. The zero-order chi connectivity index (χ0) is 34.8. The van der Waals surface area contributed by atoms with Crippen molar-refractivity contribution >= 4 is 66.1 Å². The molecule has 0 spiro atoms. The molecule has 0 saturated heterocycles. The number of anilines is 4. The van der Waals surface area contributed by atoms with Crippen LogP contribution in [0.25, 0.3) is 10.8 Å². The first-order chi connectivity index (χ1) is 20.5. The van der Waals surface area contributed by atoms with E-state index in [2.05, 4.69) is 15.3 Å². The molecule has 15 nitrogen and oxygen atoms in total. The number of rotatable bonds is 4. The Kier molecular flexibility index (Phi) is 19.0. The van der Waals surface area contributed by atoms with Crippen LogP contribution in [-0.4, -0.2) is 63.6 Å². The number of benzene rings is 3. The third kappa shape index (κ3) is 13.9. The Morgan fingerprint density at radius 2 is 1.43 bits per heavy atom. The number of fused-ring (bicyclic) bond motifs is 1. The number of hydrogen-bond donors (Lipinski definition) is 8. The SMILES string of the molecule is CC.CC.CN=C(/N=C\N)Nc1ccc(N)c(S(=O)(=O)O)c1.COC(C)C.Nc1ccc2cc(S(=O)(=O)O)cc(O)c2c1N. The van der Waals surface area contributed by atoms with Gasteiger partial charge in [0.15, 0.2) is 0 Å². The van der Waals surface area contributed by atoms with Crippen molar-refractivity contribution in [2.24, 2.45) is 15.7 Å². The zero-order valence-electron chi connectivity index (χ0n) is 26.1. The van der Waals surface area contributed by atoms with Crippen LogP contribution in [0.2, 0.25) is 0 Å². The van der Waals surface area contributed by atoms with Gasteiger partial charge in [-0.2, -0.15) is 16.8 Å². The molecule has 0 aliphatic rings. The third-order valence-electron chi connectivity index (χ3n) is 4.87. The van der Waals surface area contributed by atoms with Crippen molar-refractivity contribution in [3.05, 3.63) is 42.5 Å². The molecular weight excluding hydrogens is 614 g/mol. The van der Waals surface area contributed by atoms with E-state index < -0.39 is 25.1 Å². The van der Waals surface area contributed by atoms with E-state index in [-0.39, 0.29) is 39.1 Å². The molecule has 0 unspecified atom stereocenters. The van der Waals surface area contributed by atoms with Gasteiger partial charge in [-0.3, -0.25) is 14.1 Å². The summed E-state index contributed by atoms with van der Waals surface area (Å²) < 4.78 is 66.7. The smallest absolute Gasteiger partial charge is 0.296 e. The summed E-state index contributed by atoms with van der Waals surface area (Å²) in [6.07, 6.45) is 1.42. The number of ether oxygens (including phenoxy) is 1. The molecule has 12 N–H and O–H groups in total. The summed E-state index contributed by atoms with van der Waals surface area (Å²) in [5, 5.41) is 13.1. The van der Waals surface area contributed by atoms with Gasteiger partial charge in [-0.15, -0.1) is 0 Å². The lowest BCUT2D eigenvalue weighted by Gasteiger charge is -2.08. The quantitative estimate of drug-likeness (QED) is 0.0853.